The molecule has 0 radical (unpaired) electrons. The standard InChI is InChI=1S/C25H25NO6S/c1-4-31-22-14-10-19(11-15-22)24(27)18(2)32-25(28)20-12-16-23(17-13-20)33(29,30)26(3)21-8-6-5-7-9-21/h5-18H,4H2,1-3H3/t18-/m1/s1. The number of carbonyl (C=O) groups is 2. The third-order valence-electron chi connectivity index (χ3n) is 4.97. The minimum Gasteiger partial charge on any atom is -0.494 e. The zero-order valence-electron chi connectivity index (χ0n) is 18.6. The van der Waals surface area contributed by atoms with E-state index >= 15 is 0 Å². The molecule has 0 aliphatic carbocycles. The van der Waals surface area contributed by atoms with Gasteiger partial charge in [0.2, 0.25) is 5.78 Å². The van der Waals surface area contributed by atoms with Crippen LogP contribution in [0.2, 0.25) is 0 Å². The van der Waals surface area contributed by atoms with Crippen molar-refractivity contribution in [2.75, 3.05) is 18.0 Å². The van der Waals surface area contributed by atoms with E-state index in [9.17, 15) is 18.0 Å². The molecule has 0 amide bonds. The predicted octanol–water partition coefficient (Wildman–Crippen LogP) is 4.34. The van der Waals surface area contributed by atoms with Gasteiger partial charge in [-0.15, -0.1) is 0 Å². The summed E-state index contributed by atoms with van der Waals surface area (Å²) >= 11 is 0. The van der Waals surface area contributed by atoms with Crippen molar-refractivity contribution < 1.29 is 27.5 Å². The van der Waals surface area contributed by atoms with E-state index in [1.165, 1.54) is 38.2 Å². The van der Waals surface area contributed by atoms with Crippen molar-refractivity contribution in [3.05, 3.63) is 90.0 Å². The summed E-state index contributed by atoms with van der Waals surface area (Å²) in [7, 11) is -2.34. The molecule has 0 heterocycles. The monoisotopic (exact) mass is 467 g/mol. The highest BCUT2D eigenvalue weighted by atomic mass is 32.2. The summed E-state index contributed by atoms with van der Waals surface area (Å²) in [5.74, 6) is -0.427. The van der Waals surface area contributed by atoms with Gasteiger partial charge in [0, 0.05) is 12.6 Å². The van der Waals surface area contributed by atoms with Crippen LogP contribution in [0.25, 0.3) is 0 Å². The second-order valence-electron chi connectivity index (χ2n) is 7.20. The molecule has 3 aromatic carbocycles. The Kier molecular flexibility index (Phi) is 7.50. The van der Waals surface area contributed by atoms with Gasteiger partial charge in [0.05, 0.1) is 22.8 Å². The number of esters is 1. The van der Waals surface area contributed by atoms with Gasteiger partial charge in [-0.05, 0) is 74.5 Å². The molecule has 0 aliphatic heterocycles. The molecule has 3 aromatic rings. The maximum absolute atomic E-state index is 12.9. The van der Waals surface area contributed by atoms with Crippen molar-refractivity contribution in [1.29, 1.82) is 0 Å². The molecular weight excluding hydrogens is 442 g/mol. The van der Waals surface area contributed by atoms with Crippen LogP contribution in [0.15, 0.2) is 83.8 Å². The largest absolute Gasteiger partial charge is 0.494 e. The molecule has 0 saturated carbocycles. The first-order chi connectivity index (χ1) is 15.7. The Bertz CT molecular complexity index is 1210. The van der Waals surface area contributed by atoms with Gasteiger partial charge in [-0.25, -0.2) is 13.2 Å². The van der Waals surface area contributed by atoms with Crippen LogP contribution >= 0.6 is 0 Å². The Hall–Kier alpha value is -3.65. The number of hydrogen-bond acceptors (Lipinski definition) is 6. The third kappa shape index (κ3) is 5.59. The number of hydrogen-bond donors (Lipinski definition) is 0. The summed E-state index contributed by atoms with van der Waals surface area (Å²) in [6, 6.07) is 20.6. The molecule has 0 unspecified atom stereocenters. The molecule has 0 saturated heterocycles. The average molecular weight is 468 g/mol. The van der Waals surface area contributed by atoms with Gasteiger partial charge in [-0.2, -0.15) is 0 Å². The molecule has 0 bridgehead atoms. The lowest BCUT2D eigenvalue weighted by molar-refractivity contribution is 0.0318. The highest BCUT2D eigenvalue weighted by Gasteiger charge is 2.23. The number of nitrogens with zero attached hydrogens (tertiary/aromatic N) is 1. The quantitative estimate of drug-likeness (QED) is 0.344. The lowest BCUT2D eigenvalue weighted by Crippen LogP contribution is -2.26. The van der Waals surface area contributed by atoms with Crippen molar-refractivity contribution in [1.82, 2.24) is 0 Å². The highest BCUT2D eigenvalue weighted by Crippen LogP contribution is 2.22. The van der Waals surface area contributed by atoms with Gasteiger partial charge < -0.3 is 9.47 Å². The smallest absolute Gasteiger partial charge is 0.338 e. The third-order valence-corrected chi connectivity index (χ3v) is 6.77. The molecule has 8 heteroatoms. The van der Waals surface area contributed by atoms with Gasteiger partial charge in [0.15, 0.2) is 6.10 Å². The minimum absolute atomic E-state index is 0.0314. The summed E-state index contributed by atoms with van der Waals surface area (Å²) in [6.07, 6.45) is -1.01. The Morgan fingerprint density at radius 2 is 1.45 bits per heavy atom. The maximum Gasteiger partial charge on any atom is 0.338 e. The van der Waals surface area contributed by atoms with Crippen LogP contribution in [0.4, 0.5) is 5.69 Å². The normalized spacial score (nSPS) is 12.0. The van der Waals surface area contributed by atoms with Crippen LogP contribution in [-0.4, -0.2) is 39.9 Å². The highest BCUT2D eigenvalue weighted by molar-refractivity contribution is 7.92. The number of sulfonamides is 1. The van der Waals surface area contributed by atoms with E-state index in [4.69, 9.17) is 9.47 Å². The van der Waals surface area contributed by atoms with Crippen LogP contribution in [0, 0.1) is 0 Å². The molecular formula is C25H25NO6S. The van der Waals surface area contributed by atoms with E-state index < -0.39 is 22.1 Å². The number of para-hydroxylation sites is 1. The number of ketones is 1. The van der Waals surface area contributed by atoms with E-state index in [1.54, 1.807) is 54.6 Å². The second-order valence-corrected chi connectivity index (χ2v) is 9.17. The molecule has 0 aliphatic rings. The van der Waals surface area contributed by atoms with E-state index in [2.05, 4.69) is 0 Å². The van der Waals surface area contributed by atoms with Crippen molar-refractivity contribution in [2.45, 2.75) is 24.8 Å². The molecule has 0 spiro atoms. The van der Waals surface area contributed by atoms with E-state index in [0.29, 0.717) is 23.6 Å². The lowest BCUT2D eigenvalue weighted by Gasteiger charge is -2.19. The molecule has 1 atom stereocenters. The van der Waals surface area contributed by atoms with Gasteiger partial charge >= 0.3 is 5.97 Å². The van der Waals surface area contributed by atoms with Gasteiger partial charge in [-0.3, -0.25) is 9.10 Å². The van der Waals surface area contributed by atoms with E-state index in [0.717, 1.165) is 4.31 Å². The number of Topliss-reactive ketones (excluding diaryl/α,β-unsaturated/α-hetero) is 1. The van der Waals surface area contributed by atoms with Crippen LogP contribution in [0.3, 0.4) is 0 Å². The number of benzene rings is 3. The van der Waals surface area contributed by atoms with Crippen LogP contribution in [0.5, 0.6) is 5.75 Å². The molecule has 0 aromatic heterocycles. The SMILES string of the molecule is CCOc1ccc(C(=O)[C@@H](C)OC(=O)c2ccc(S(=O)(=O)N(C)c3ccccc3)cc2)cc1. The molecule has 7 nitrogen and oxygen atoms in total. The summed E-state index contributed by atoms with van der Waals surface area (Å²) in [5.41, 5.74) is 1.05. The Labute approximate surface area is 193 Å². The molecule has 172 valence electrons. The van der Waals surface area contributed by atoms with Gasteiger partial charge in [0.1, 0.15) is 5.75 Å². The van der Waals surface area contributed by atoms with Gasteiger partial charge in [-0.1, -0.05) is 18.2 Å². The van der Waals surface area contributed by atoms with E-state index in [1.807, 2.05) is 6.92 Å². The number of rotatable bonds is 9. The average Bonchev–Trinajstić information content (AvgIpc) is 2.84. The van der Waals surface area contributed by atoms with E-state index in [-0.39, 0.29) is 16.2 Å². The zero-order chi connectivity index (χ0) is 24.0. The minimum atomic E-state index is -3.80. The lowest BCUT2D eigenvalue weighted by atomic mass is 10.1. The summed E-state index contributed by atoms with van der Waals surface area (Å²) < 4.78 is 37.5. The molecule has 33 heavy (non-hydrogen) atoms. The summed E-state index contributed by atoms with van der Waals surface area (Å²) in [4.78, 5) is 25.1. The fourth-order valence-electron chi connectivity index (χ4n) is 3.10. The summed E-state index contributed by atoms with van der Waals surface area (Å²) in [5, 5.41) is 0. The Balaban J connectivity index is 1.67. The van der Waals surface area contributed by atoms with Crippen LogP contribution in [-0.2, 0) is 14.8 Å². The first-order valence-electron chi connectivity index (χ1n) is 10.4. The molecule has 0 fully saturated rings. The van der Waals surface area contributed by atoms with Crippen molar-refractivity contribution in [2.24, 2.45) is 0 Å². The summed E-state index contributed by atoms with van der Waals surface area (Å²) in [6.45, 7) is 3.87. The molecule has 3 rings (SSSR count). The first-order valence-corrected chi connectivity index (χ1v) is 11.8. The van der Waals surface area contributed by atoms with Crippen molar-refractivity contribution in [3.63, 3.8) is 0 Å². The molecule has 0 N–H and O–H groups in total. The first kappa shape index (κ1) is 24.0. The number of anilines is 1. The van der Waals surface area contributed by atoms with Crippen LogP contribution < -0.4 is 9.04 Å². The predicted molar refractivity (Wildman–Crippen MR) is 125 cm³/mol. The Morgan fingerprint density at radius 3 is 2.03 bits per heavy atom. The second kappa shape index (κ2) is 10.3. The maximum atomic E-state index is 12.9. The van der Waals surface area contributed by atoms with Crippen molar-refractivity contribution >= 4 is 27.5 Å². The Morgan fingerprint density at radius 1 is 0.879 bits per heavy atom. The fourth-order valence-corrected chi connectivity index (χ4v) is 4.29. The zero-order valence-corrected chi connectivity index (χ0v) is 19.4. The van der Waals surface area contributed by atoms with Crippen LogP contribution in [0.1, 0.15) is 34.6 Å². The van der Waals surface area contributed by atoms with Gasteiger partial charge in [0.25, 0.3) is 10.0 Å². The van der Waals surface area contributed by atoms with Crippen molar-refractivity contribution in [3.8, 4) is 5.75 Å². The topological polar surface area (TPSA) is 90.0 Å². The fraction of sp³-hybridized carbons (Fsp3) is 0.200. The number of ether oxygens (including phenoxy) is 2. The number of carbonyl (C=O) groups excluding carboxylic acids is 2.